The molecule has 2 unspecified atom stereocenters. The van der Waals surface area contributed by atoms with Gasteiger partial charge in [-0.15, -0.1) is 0 Å². The first kappa shape index (κ1) is 12.4. The highest BCUT2D eigenvalue weighted by molar-refractivity contribution is 5.02. The highest BCUT2D eigenvalue weighted by Gasteiger charge is 2.45. The molecular formula is C14H28N2. The summed E-state index contributed by atoms with van der Waals surface area (Å²) in [5.41, 5.74) is 0.416. The summed E-state index contributed by atoms with van der Waals surface area (Å²) in [5.74, 6) is 0. The summed E-state index contributed by atoms with van der Waals surface area (Å²) in [5, 5.41) is 3.48. The van der Waals surface area contributed by atoms with Gasteiger partial charge in [-0.3, -0.25) is 4.90 Å². The molecule has 0 amide bonds. The van der Waals surface area contributed by atoms with Gasteiger partial charge in [0, 0.05) is 23.7 Å². The van der Waals surface area contributed by atoms with Gasteiger partial charge in [-0.25, -0.2) is 0 Å². The Kier molecular flexibility index (Phi) is 3.60. The molecule has 2 rings (SSSR count). The van der Waals surface area contributed by atoms with Crippen molar-refractivity contribution >= 4 is 0 Å². The SMILES string of the molecule is CCCC(C)(C)N1C2CCC1CC(NC)C2. The fourth-order valence-corrected chi connectivity index (χ4v) is 4.14. The normalized spacial score (nSPS) is 35.6. The van der Waals surface area contributed by atoms with Gasteiger partial charge in [0.05, 0.1) is 0 Å². The second-order valence-electron chi connectivity index (χ2n) is 6.31. The molecule has 2 heterocycles. The number of nitrogens with one attached hydrogen (secondary N) is 1. The Morgan fingerprint density at radius 2 is 1.75 bits per heavy atom. The Morgan fingerprint density at radius 1 is 1.19 bits per heavy atom. The minimum Gasteiger partial charge on any atom is -0.317 e. The fourth-order valence-electron chi connectivity index (χ4n) is 4.14. The van der Waals surface area contributed by atoms with Crippen molar-refractivity contribution in [1.29, 1.82) is 0 Å². The molecule has 16 heavy (non-hydrogen) atoms. The third kappa shape index (κ3) is 2.14. The van der Waals surface area contributed by atoms with Gasteiger partial charge in [0.25, 0.3) is 0 Å². The van der Waals surface area contributed by atoms with Crippen molar-refractivity contribution in [2.24, 2.45) is 0 Å². The summed E-state index contributed by atoms with van der Waals surface area (Å²) in [7, 11) is 2.12. The molecule has 2 nitrogen and oxygen atoms in total. The van der Waals surface area contributed by atoms with Gasteiger partial charge >= 0.3 is 0 Å². The Balaban J connectivity index is 2.08. The zero-order chi connectivity index (χ0) is 11.8. The maximum absolute atomic E-state index is 3.48. The van der Waals surface area contributed by atoms with Gasteiger partial charge in [-0.05, 0) is 53.0 Å². The average Bonchev–Trinajstić information content (AvgIpc) is 2.51. The van der Waals surface area contributed by atoms with Gasteiger partial charge in [0.1, 0.15) is 0 Å². The van der Waals surface area contributed by atoms with E-state index in [9.17, 15) is 0 Å². The topological polar surface area (TPSA) is 15.3 Å². The summed E-state index contributed by atoms with van der Waals surface area (Å²) in [6.45, 7) is 7.20. The van der Waals surface area contributed by atoms with Crippen LogP contribution in [0.2, 0.25) is 0 Å². The van der Waals surface area contributed by atoms with Crippen LogP contribution in [-0.4, -0.2) is 35.6 Å². The van der Waals surface area contributed by atoms with Crippen LogP contribution in [0.4, 0.5) is 0 Å². The van der Waals surface area contributed by atoms with E-state index < -0.39 is 0 Å². The number of hydrogen-bond acceptors (Lipinski definition) is 2. The maximum Gasteiger partial charge on any atom is 0.0159 e. The second-order valence-corrected chi connectivity index (χ2v) is 6.31. The lowest BCUT2D eigenvalue weighted by atomic mass is 9.88. The van der Waals surface area contributed by atoms with E-state index >= 15 is 0 Å². The van der Waals surface area contributed by atoms with Crippen molar-refractivity contribution in [2.75, 3.05) is 7.05 Å². The average molecular weight is 224 g/mol. The monoisotopic (exact) mass is 224 g/mol. The minimum absolute atomic E-state index is 0.416. The molecule has 0 aromatic rings. The molecule has 94 valence electrons. The van der Waals surface area contributed by atoms with Crippen LogP contribution in [0.25, 0.3) is 0 Å². The summed E-state index contributed by atoms with van der Waals surface area (Å²) >= 11 is 0. The number of hydrogen-bond donors (Lipinski definition) is 1. The molecule has 2 heteroatoms. The van der Waals surface area contributed by atoms with Gasteiger partial charge in [0.15, 0.2) is 0 Å². The number of piperidine rings is 1. The van der Waals surface area contributed by atoms with Crippen LogP contribution in [0, 0.1) is 0 Å². The van der Waals surface area contributed by atoms with Crippen LogP contribution < -0.4 is 5.32 Å². The third-order valence-electron chi connectivity index (χ3n) is 4.70. The lowest BCUT2D eigenvalue weighted by Gasteiger charge is -2.48. The van der Waals surface area contributed by atoms with E-state index in [0.717, 1.165) is 18.1 Å². The predicted molar refractivity (Wildman–Crippen MR) is 69.7 cm³/mol. The molecule has 0 aromatic heterocycles. The molecule has 0 aromatic carbocycles. The Labute approximate surface area is 101 Å². The first-order valence-corrected chi connectivity index (χ1v) is 7.04. The van der Waals surface area contributed by atoms with Crippen molar-refractivity contribution in [1.82, 2.24) is 10.2 Å². The van der Waals surface area contributed by atoms with Crippen molar-refractivity contribution in [3.8, 4) is 0 Å². The van der Waals surface area contributed by atoms with Crippen LogP contribution in [0.5, 0.6) is 0 Å². The minimum atomic E-state index is 0.416. The van der Waals surface area contributed by atoms with Crippen molar-refractivity contribution in [3.63, 3.8) is 0 Å². The van der Waals surface area contributed by atoms with E-state index in [0.29, 0.717) is 5.54 Å². The summed E-state index contributed by atoms with van der Waals surface area (Å²) in [4.78, 5) is 2.85. The number of nitrogens with zero attached hydrogens (tertiary/aromatic N) is 1. The van der Waals surface area contributed by atoms with Crippen LogP contribution in [-0.2, 0) is 0 Å². The predicted octanol–water partition coefficient (Wildman–Crippen LogP) is 2.78. The summed E-state index contributed by atoms with van der Waals surface area (Å²) in [6.07, 6.45) is 8.22. The highest BCUT2D eigenvalue weighted by Crippen LogP contribution is 2.41. The van der Waals surface area contributed by atoms with E-state index in [1.54, 1.807) is 0 Å². The molecule has 1 N–H and O–H groups in total. The lowest BCUT2D eigenvalue weighted by Crippen LogP contribution is -2.56. The van der Waals surface area contributed by atoms with E-state index in [1.165, 1.54) is 38.5 Å². The molecule has 2 saturated heterocycles. The first-order chi connectivity index (χ1) is 7.58. The van der Waals surface area contributed by atoms with E-state index in [-0.39, 0.29) is 0 Å². The zero-order valence-corrected chi connectivity index (χ0v) is 11.4. The Hall–Kier alpha value is -0.0800. The molecular weight excluding hydrogens is 196 g/mol. The molecule has 2 atom stereocenters. The van der Waals surface area contributed by atoms with Crippen LogP contribution in [0.15, 0.2) is 0 Å². The summed E-state index contributed by atoms with van der Waals surface area (Å²) < 4.78 is 0. The van der Waals surface area contributed by atoms with Crippen molar-refractivity contribution in [3.05, 3.63) is 0 Å². The molecule has 0 aliphatic carbocycles. The van der Waals surface area contributed by atoms with E-state index in [4.69, 9.17) is 0 Å². The molecule has 0 spiro atoms. The van der Waals surface area contributed by atoms with Gasteiger partial charge < -0.3 is 5.32 Å². The molecule has 2 fully saturated rings. The van der Waals surface area contributed by atoms with Crippen molar-refractivity contribution in [2.45, 2.75) is 83.0 Å². The van der Waals surface area contributed by atoms with Crippen LogP contribution in [0.3, 0.4) is 0 Å². The zero-order valence-electron chi connectivity index (χ0n) is 11.4. The largest absolute Gasteiger partial charge is 0.317 e. The van der Waals surface area contributed by atoms with Crippen LogP contribution >= 0.6 is 0 Å². The number of fused-ring (bicyclic) bond motifs is 2. The van der Waals surface area contributed by atoms with E-state index in [1.807, 2.05) is 0 Å². The Morgan fingerprint density at radius 3 is 2.19 bits per heavy atom. The summed E-state index contributed by atoms with van der Waals surface area (Å²) in [6, 6.07) is 2.46. The first-order valence-electron chi connectivity index (χ1n) is 7.04. The van der Waals surface area contributed by atoms with Crippen molar-refractivity contribution < 1.29 is 0 Å². The number of rotatable bonds is 4. The molecule has 2 aliphatic rings. The molecule has 0 saturated carbocycles. The quantitative estimate of drug-likeness (QED) is 0.790. The van der Waals surface area contributed by atoms with Gasteiger partial charge in [-0.1, -0.05) is 13.3 Å². The molecule has 2 aliphatic heterocycles. The maximum atomic E-state index is 3.48. The highest BCUT2D eigenvalue weighted by atomic mass is 15.3. The van der Waals surface area contributed by atoms with Crippen LogP contribution in [0.1, 0.15) is 59.3 Å². The lowest BCUT2D eigenvalue weighted by molar-refractivity contribution is 0.0162. The third-order valence-corrected chi connectivity index (χ3v) is 4.70. The standard InChI is InChI=1S/C14H28N2/c1-5-8-14(2,3)16-12-6-7-13(16)10-11(9-12)15-4/h11-13,15H,5-10H2,1-4H3. The molecule has 2 bridgehead atoms. The molecule has 0 radical (unpaired) electrons. The van der Waals surface area contributed by atoms with E-state index in [2.05, 4.69) is 38.0 Å². The second kappa shape index (κ2) is 4.66. The van der Waals surface area contributed by atoms with Gasteiger partial charge in [0.2, 0.25) is 0 Å². The fraction of sp³-hybridized carbons (Fsp3) is 1.00. The Bertz CT molecular complexity index is 223. The smallest absolute Gasteiger partial charge is 0.0159 e. The van der Waals surface area contributed by atoms with Gasteiger partial charge in [-0.2, -0.15) is 0 Å².